The summed E-state index contributed by atoms with van der Waals surface area (Å²) < 4.78 is 18.2. The van der Waals surface area contributed by atoms with Crippen molar-refractivity contribution in [1.82, 2.24) is 19.9 Å². The Hall–Kier alpha value is -2.06. The minimum Gasteiger partial charge on any atom is -0.378 e. The van der Waals surface area contributed by atoms with Gasteiger partial charge in [-0.1, -0.05) is 11.6 Å². The van der Waals surface area contributed by atoms with E-state index < -0.39 is 5.82 Å². The van der Waals surface area contributed by atoms with E-state index in [0.29, 0.717) is 30.1 Å². The predicted octanol–water partition coefficient (Wildman–Crippen LogP) is 2.07. The minimum absolute atomic E-state index is 0.286. The Morgan fingerprint density at radius 1 is 1.26 bits per heavy atom. The number of rotatable bonds is 4. The molecule has 1 saturated heterocycles. The molecule has 7 nitrogen and oxygen atoms in total. The first-order chi connectivity index (χ1) is 11.1. The summed E-state index contributed by atoms with van der Waals surface area (Å²) in [6.07, 6.45) is 2.25. The zero-order chi connectivity index (χ0) is 16.2. The summed E-state index contributed by atoms with van der Waals surface area (Å²) in [6, 6.07) is 1.43. The van der Waals surface area contributed by atoms with E-state index in [9.17, 15) is 4.39 Å². The van der Waals surface area contributed by atoms with Gasteiger partial charge in [-0.2, -0.15) is 4.98 Å². The molecule has 0 bridgehead atoms. The highest BCUT2D eigenvalue weighted by Gasteiger charge is 2.16. The molecule has 1 atom stereocenters. The lowest BCUT2D eigenvalue weighted by Crippen LogP contribution is -2.36. The van der Waals surface area contributed by atoms with Crippen LogP contribution in [0.5, 0.6) is 0 Å². The highest BCUT2D eigenvalue weighted by atomic mass is 35.5. The molecule has 0 aliphatic carbocycles. The third kappa shape index (κ3) is 4.02. The molecule has 9 heteroatoms. The van der Waals surface area contributed by atoms with Gasteiger partial charge in [-0.05, 0) is 6.92 Å². The van der Waals surface area contributed by atoms with Crippen molar-refractivity contribution in [2.45, 2.75) is 13.0 Å². The van der Waals surface area contributed by atoms with E-state index in [4.69, 9.17) is 16.3 Å². The van der Waals surface area contributed by atoms with Crippen LogP contribution in [-0.4, -0.2) is 46.2 Å². The molecule has 0 aromatic carbocycles. The standard InChI is InChI=1S/C14H16ClFN6O/c1-9(13-17-7-10(16)8-18-13)19-14-20-11(15)6-12(21-14)22-2-4-23-5-3-22/h6-9H,2-5H2,1H3,(H,19,20,21)/t9-/m0/s1. The molecule has 23 heavy (non-hydrogen) atoms. The first-order valence-electron chi connectivity index (χ1n) is 7.23. The van der Waals surface area contributed by atoms with Crippen LogP contribution in [0.3, 0.4) is 0 Å². The highest BCUT2D eigenvalue weighted by molar-refractivity contribution is 6.29. The number of nitrogens with zero attached hydrogens (tertiary/aromatic N) is 5. The molecule has 2 aromatic rings. The van der Waals surface area contributed by atoms with Gasteiger partial charge in [-0.15, -0.1) is 0 Å². The summed E-state index contributed by atoms with van der Waals surface area (Å²) in [5, 5.41) is 3.43. The van der Waals surface area contributed by atoms with Crippen LogP contribution in [0.1, 0.15) is 18.8 Å². The maximum atomic E-state index is 12.9. The van der Waals surface area contributed by atoms with Crippen molar-refractivity contribution in [2.24, 2.45) is 0 Å². The van der Waals surface area contributed by atoms with E-state index in [-0.39, 0.29) is 6.04 Å². The Kier molecular flexibility index (Phi) is 4.82. The van der Waals surface area contributed by atoms with E-state index in [0.717, 1.165) is 31.3 Å². The van der Waals surface area contributed by atoms with Crippen molar-refractivity contribution in [2.75, 3.05) is 36.5 Å². The number of aromatic nitrogens is 4. The van der Waals surface area contributed by atoms with Gasteiger partial charge in [0, 0.05) is 19.2 Å². The zero-order valence-electron chi connectivity index (χ0n) is 12.5. The van der Waals surface area contributed by atoms with Crippen LogP contribution >= 0.6 is 11.6 Å². The number of hydrogen-bond donors (Lipinski definition) is 1. The third-order valence-electron chi connectivity index (χ3n) is 3.39. The molecule has 3 heterocycles. The number of morpholine rings is 1. The van der Waals surface area contributed by atoms with Crippen LogP contribution in [0, 0.1) is 5.82 Å². The summed E-state index contributed by atoms with van der Waals surface area (Å²) >= 11 is 6.09. The minimum atomic E-state index is -0.477. The number of nitrogens with one attached hydrogen (secondary N) is 1. The molecule has 1 N–H and O–H groups in total. The fourth-order valence-corrected chi connectivity index (χ4v) is 2.41. The predicted molar refractivity (Wildman–Crippen MR) is 84.1 cm³/mol. The van der Waals surface area contributed by atoms with E-state index >= 15 is 0 Å². The molecule has 3 rings (SSSR count). The van der Waals surface area contributed by atoms with Gasteiger partial charge in [0.25, 0.3) is 0 Å². The average molecular weight is 339 g/mol. The molecule has 0 spiro atoms. The van der Waals surface area contributed by atoms with E-state index in [2.05, 4.69) is 30.2 Å². The Bertz CT molecular complexity index is 665. The van der Waals surface area contributed by atoms with Crippen LogP contribution < -0.4 is 10.2 Å². The summed E-state index contributed by atoms with van der Waals surface area (Å²) in [7, 11) is 0. The smallest absolute Gasteiger partial charge is 0.226 e. The Labute approximate surface area is 137 Å². The zero-order valence-corrected chi connectivity index (χ0v) is 13.3. The second-order valence-corrected chi connectivity index (χ2v) is 5.48. The monoisotopic (exact) mass is 338 g/mol. The van der Waals surface area contributed by atoms with Gasteiger partial charge < -0.3 is 15.0 Å². The van der Waals surface area contributed by atoms with Crippen LogP contribution in [0.25, 0.3) is 0 Å². The number of halogens is 2. The van der Waals surface area contributed by atoms with Crippen molar-refractivity contribution >= 4 is 23.4 Å². The topological polar surface area (TPSA) is 76.1 Å². The highest BCUT2D eigenvalue weighted by Crippen LogP contribution is 2.21. The lowest BCUT2D eigenvalue weighted by Gasteiger charge is -2.28. The van der Waals surface area contributed by atoms with Crippen LogP contribution in [0.15, 0.2) is 18.5 Å². The first kappa shape index (κ1) is 15.8. The van der Waals surface area contributed by atoms with E-state index in [1.54, 1.807) is 6.07 Å². The average Bonchev–Trinajstić information content (AvgIpc) is 2.55. The lowest BCUT2D eigenvalue weighted by atomic mass is 10.3. The second-order valence-electron chi connectivity index (χ2n) is 5.10. The molecule has 0 radical (unpaired) electrons. The molecule has 1 fully saturated rings. The fourth-order valence-electron chi connectivity index (χ4n) is 2.23. The lowest BCUT2D eigenvalue weighted by molar-refractivity contribution is 0.122. The maximum Gasteiger partial charge on any atom is 0.226 e. The van der Waals surface area contributed by atoms with Crippen molar-refractivity contribution < 1.29 is 9.13 Å². The normalized spacial score (nSPS) is 16.2. The summed E-state index contributed by atoms with van der Waals surface area (Å²) in [4.78, 5) is 18.6. The SMILES string of the molecule is C[C@H](Nc1nc(Cl)cc(N2CCOCC2)n1)c1ncc(F)cn1. The molecular weight excluding hydrogens is 323 g/mol. The molecule has 0 amide bonds. The van der Waals surface area contributed by atoms with Crippen LogP contribution in [0.4, 0.5) is 16.2 Å². The van der Waals surface area contributed by atoms with Gasteiger partial charge in [0.1, 0.15) is 16.8 Å². The van der Waals surface area contributed by atoms with Gasteiger partial charge in [-0.25, -0.2) is 19.3 Å². The molecule has 2 aromatic heterocycles. The van der Waals surface area contributed by atoms with Crippen molar-refractivity contribution in [3.63, 3.8) is 0 Å². The Morgan fingerprint density at radius 2 is 1.96 bits per heavy atom. The van der Waals surface area contributed by atoms with Gasteiger partial charge in [0.15, 0.2) is 5.82 Å². The summed E-state index contributed by atoms with van der Waals surface area (Å²) in [5.41, 5.74) is 0. The van der Waals surface area contributed by atoms with Crippen LogP contribution in [-0.2, 0) is 4.74 Å². The Balaban J connectivity index is 1.76. The fraction of sp³-hybridized carbons (Fsp3) is 0.429. The van der Waals surface area contributed by atoms with Gasteiger partial charge >= 0.3 is 0 Å². The van der Waals surface area contributed by atoms with Gasteiger partial charge in [-0.3, -0.25) is 0 Å². The third-order valence-corrected chi connectivity index (χ3v) is 3.58. The first-order valence-corrected chi connectivity index (χ1v) is 7.61. The molecule has 0 unspecified atom stereocenters. The second kappa shape index (κ2) is 7.01. The number of anilines is 2. The molecule has 1 aliphatic heterocycles. The summed E-state index contributed by atoms with van der Waals surface area (Å²) in [6.45, 7) is 4.66. The van der Waals surface area contributed by atoms with Gasteiger partial charge in [0.05, 0.1) is 31.6 Å². The van der Waals surface area contributed by atoms with Gasteiger partial charge in [0.2, 0.25) is 5.95 Å². The van der Waals surface area contributed by atoms with Crippen LogP contribution in [0.2, 0.25) is 5.15 Å². The van der Waals surface area contributed by atoms with Crippen molar-refractivity contribution in [1.29, 1.82) is 0 Å². The van der Waals surface area contributed by atoms with Crippen molar-refractivity contribution in [3.05, 3.63) is 35.3 Å². The maximum absolute atomic E-state index is 12.9. The molecule has 122 valence electrons. The van der Waals surface area contributed by atoms with E-state index in [1.165, 1.54) is 0 Å². The number of hydrogen-bond acceptors (Lipinski definition) is 7. The Morgan fingerprint density at radius 3 is 2.65 bits per heavy atom. The quantitative estimate of drug-likeness (QED) is 0.855. The molecule has 1 aliphatic rings. The number of ether oxygens (including phenoxy) is 1. The summed E-state index contributed by atoms with van der Waals surface area (Å²) in [5.74, 6) is 1.08. The largest absolute Gasteiger partial charge is 0.378 e. The molecular formula is C14H16ClFN6O. The van der Waals surface area contributed by atoms with E-state index in [1.807, 2.05) is 6.92 Å². The molecule has 0 saturated carbocycles. The van der Waals surface area contributed by atoms with Crippen molar-refractivity contribution in [3.8, 4) is 0 Å².